The lowest BCUT2D eigenvalue weighted by atomic mass is 10.1. The Morgan fingerprint density at radius 2 is 1.71 bits per heavy atom. The quantitative estimate of drug-likeness (QED) is 0.179. The number of hydrogen-bond donors (Lipinski definition) is 3. The molecule has 1 unspecified atom stereocenters. The van der Waals surface area contributed by atoms with Gasteiger partial charge in [0.1, 0.15) is 10.3 Å². The first kappa shape index (κ1) is 29.2. The molecule has 1 aliphatic rings. The Balaban J connectivity index is 1.41. The molecule has 2 heterocycles. The molecule has 9 nitrogen and oxygen atoms in total. The second-order valence-corrected chi connectivity index (χ2v) is 12.0. The van der Waals surface area contributed by atoms with Crippen molar-refractivity contribution >= 4 is 84.2 Å². The molecular weight excluding hydrogens is 699 g/mol. The van der Waals surface area contributed by atoms with Crippen LogP contribution in [-0.4, -0.2) is 38.5 Å². The minimum atomic E-state index is -0.584. The van der Waals surface area contributed by atoms with E-state index in [0.29, 0.717) is 25.7 Å². The van der Waals surface area contributed by atoms with Crippen molar-refractivity contribution in [2.24, 2.45) is 5.92 Å². The molecule has 41 heavy (non-hydrogen) atoms. The summed E-state index contributed by atoms with van der Waals surface area (Å²) in [5, 5.41) is 13.3. The molecule has 0 spiro atoms. The van der Waals surface area contributed by atoms with Gasteiger partial charge in [0.2, 0.25) is 0 Å². The number of anilines is 2. The van der Waals surface area contributed by atoms with Crippen LogP contribution in [0.5, 0.6) is 0 Å². The zero-order chi connectivity index (χ0) is 29.3. The van der Waals surface area contributed by atoms with Crippen LogP contribution in [0, 0.1) is 5.92 Å². The summed E-state index contributed by atoms with van der Waals surface area (Å²) in [5.41, 5.74) is 1.38. The van der Waals surface area contributed by atoms with Gasteiger partial charge in [0, 0.05) is 33.5 Å². The number of amides is 3. The molecule has 0 saturated heterocycles. The van der Waals surface area contributed by atoms with Crippen LogP contribution in [0.4, 0.5) is 11.4 Å². The third-order valence-electron chi connectivity index (χ3n) is 6.45. The maximum absolute atomic E-state index is 13.6. The second-order valence-electron chi connectivity index (χ2n) is 9.48. The van der Waals surface area contributed by atoms with E-state index in [4.69, 9.17) is 23.2 Å². The highest BCUT2D eigenvalue weighted by molar-refractivity contribution is 9.10. The molecular formula is C28H22Br2Cl2N6O3. The van der Waals surface area contributed by atoms with Gasteiger partial charge in [0.05, 0.1) is 21.8 Å². The van der Waals surface area contributed by atoms with E-state index in [-0.39, 0.29) is 45.3 Å². The van der Waals surface area contributed by atoms with Crippen molar-refractivity contribution in [1.82, 2.24) is 20.1 Å². The van der Waals surface area contributed by atoms with E-state index in [1.165, 1.54) is 29.1 Å². The fourth-order valence-corrected chi connectivity index (χ4v) is 5.70. The smallest absolute Gasteiger partial charge is 0.274 e. The lowest BCUT2D eigenvalue weighted by Gasteiger charge is -2.17. The molecule has 3 N–H and O–H groups in total. The van der Waals surface area contributed by atoms with Crippen LogP contribution in [0.15, 0.2) is 69.9 Å². The van der Waals surface area contributed by atoms with Gasteiger partial charge in [-0.25, -0.2) is 9.67 Å². The highest BCUT2D eigenvalue weighted by Gasteiger charge is 2.30. The molecule has 0 radical (unpaired) electrons. The van der Waals surface area contributed by atoms with E-state index < -0.39 is 11.8 Å². The minimum absolute atomic E-state index is 0.00726. The van der Waals surface area contributed by atoms with Gasteiger partial charge in [0.15, 0.2) is 5.82 Å². The van der Waals surface area contributed by atoms with Crippen LogP contribution in [0.1, 0.15) is 51.0 Å². The number of rotatable bonds is 8. The summed E-state index contributed by atoms with van der Waals surface area (Å²) >= 11 is 19.5. The van der Waals surface area contributed by atoms with Gasteiger partial charge >= 0.3 is 0 Å². The number of para-hydroxylation sites is 1. The molecule has 1 fully saturated rings. The number of hydrogen-bond acceptors (Lipinski definition) is 5. The van der Waals surface area contributed by atoms with E-state index in [9.17, 15) is 14.4 Å². The first-order valence-electron chi connectivity index (χ1n) is 12.5. The van der Waals surface area contributed by atoms with Gasteiger partial charge in [-0.1, -0.05) is 41.4 Å². The highest BCUT2D eigenvalue weighted by Crippen LogP contribution is 2.34. The number of carbonyl (C=O) groups is 3. The Bertz CT molecular complexity index is 1660. The third kappa shape index (κ3) is 6.81. The van der Waals surface area contributed by atoms with Crippen molar-refractivity contribution < 1.29 is 14.4 Å². The molecule has 0 bridgehead atoms. The summed E-state index contributed by atoms with van der Waals surface area (Å²) in [6, 6.07) is 15.0. The number of pyridine rings is 1. The monoisotopic (exact) mass is 718 g/mol. The lowest BCUT2D eigenvalue weighted by Crippen LogP contribution is -2.34. The van der Waals surface area contributed by atoms with Crippen LogP contribution >= 0.6 is 55.1 Å². The van der Waals surface area contributed by atoms with Crippen molar-refractivity contribution in [3.63, 3.8) is 0 Å². The molecule has 1 atom stereocenters. The number of aromatic nitrogens is 3. The SMILES string of the molecule is CC(NC(=O)c1cc(Cl)cc(Br)c1NC(=O)c1cc(Br)nn1-c1ncc(C(=O)Nc2ccccc2)cc1Cl)C1CC1. The Labute approximate surface area is 262 Å². The number of nitrogens with zero attached hydrogens (tertiary/aromatic N) is 3. The Morgan fingerprint density at radius 3 is 2.39 bits per heavy atom. The molecule has 4 aromatic rings. The second kappa shape index (κ2) is 12.3. The van der Waals surface area contributed by atoms with Crippen molar-refractivity contribution in [3.05, 3.63) is 96.7 Å². The van der Waals surface area contributed by atoms with Crippen molar-refractivity contribution in [2.75, 3.05) is 10.6 Å². The maximum Gasteiger partial charge on any atom is 0.274 e. The molecule has 1 saturated carbocycles. The zero-order valence-electron chi connectivity index (χ0n) is 21.4. The van der Waals surface area contributed by atoms with E-state index in [2.05, 4.69) is 57.9 Å². The molecule has 210 valence electrons. The maximum atomic E-state index is 13.6. The number of carbonyl (C=O) groups excluding carboxylic acids is 3. The standard InChI is InChI=1S/C28H22Br2Cl2N6O3/c1-14(15-7-8-15)34-27(40)19-10-17(31)11-20(29)24(19)36-28(41)22-12-23(30)37-38(22)25-21(32)9-16(13-33-25)26(39)35-18-5-3-2-4-6-18/h2-6,9-15H,7-8H2,1H3,(H,34,40)(H,35,39)(H,36,41). The Kier molecular flexibility index (Phi) is 8.79. The van der Waals surface area contributed by atoms with Crippen molar-refractivity contribution in [3.8, 4) is 5.82 Å². The van der Waals surface area contributed by atoms with Crippen LogP contribution < -0.4 is 16.0 Å². The molecule has 5 rings (SSSR count). The number of halogens is 4. The normalized spacial score (nSPS) is 13.4. The van der Waals surface area contributed by atoms with Gasteiger partial charge in [-0.3, -0.25) is 14.4 Å². The summed E-state index contributed by atoms with van der Waals surface area (Å²) in [7, 11) is 0. The molecule has 2 aromatic heterocycles. The first-order valence-corrected chi connectivity index (χ1v) is 14.8. The summed E-state index contributed by atoms with van der Waals surface area (Å²) in [6.07, 6.45) is 3.48. The van der Waals surface area contributed by atoms with Crippen molar-refractivity contribution in [2.45, 2.75) is 25.8 Å². The predicted octanol–water partition coefficient (Wildman–Crippen LogP) is 7.13. The fraction of sp³-hybridized carbons (Fsp3) is 0.179. The summed E-state index contributed by atoms with van der Waals surface area (Å²) in [5.74, 6) is -0.762. The summed E-state index contributed by atoms with van der Waals surface area (Å²) < 4.78 is 2.02. The van der Waals surface area contributed by atoms with Gasteiger partial charge in [-0.05, 0) is 87.9 Å². The van der Waals surface area contributed by atoms with Gasteiger partial charge in [-0.2, -0.15) is 5.10 Å². The zero-order valence-corrected chi connectivity index (χ0v) is 26.1. The van der Waals surface area contributed by atoms with E-state index in [1.807, 2.05) is 13.0 Å². The van der Waals surface area contributed by atoms with Crippen LogP contribution in [0.3, 0.4) is 0 Å². The van der Waals surface area contributed by atoms with Gasteiger partial charge in [-0.15, -0.1) is 0 Å². The summed E-state index contributed by atoms with van der Waals surface area (Å²) in [4.78, 5) is 43.7. The summed E-state index contributed by atoms with van der Waals surface area (Å²) in [6.45, 7) is 1.96. The average Bonchev–Trinajstić information content (AvgIpc) is 3.72. The minimum Gasteiger partial charge on any atom is -0.349 e. The van der Waals surface area contributed by atoms with Crippen molar-refractivity contribution in [1.29, 1.82) is 0 Å². The van der Waals surface area contributed by atoms with E-state index in [0.717, 1.165) is 12.8 Å². The number of nitrogens with one attached hydrogen (secondary N) is 3. The molecule has 13 heteroatoms. The Hall–Kier alpha value is -3.25. The van der Waals surface area contributed by atoms with Gasteiger partial charge in [0.25, 0.3) is 17.7 Å². The first-order chi connectivity index (χ1) is 19.6. The Morgan fingerprint density at radius 1 is 0.976 bits per heavy atom. The molecule has 2 aromatic carbocycles. The topological polar surface area (TPSA) is 118 Å². The average molecular weight is 721 g/mol. The predicted molar refractivity (Wildman–Crippen MR) is 165 cm³/mol. The highest BCUT2D eigenvalue weighted by atomic mass is 79.9. The number of benzene rings is 2. The lowest BCUT2D eigenvalue weighted by molar-refractivity contribution is 0.0936. The van der Waals surface area contributed by atoms with Gasteiger partial charge < -0.3 is 16.0 Å². The fourth-order valence-electron chi connectivity index (χ4n) is 4.17. The van der Waals surface area contributed by atoms with E-state index >= 15 is 0 Å². The largest absolute Gasteiger partial charge is 0.349 e. The molecule has 0 aliphatic heterocycles. The van der Waals surface area contributed by atoms with Crippen LogP contribution in [0.2, 0.25) is 10.0 Å². The van der Waals surface area contributed by atoms with E-state index in [1.54, 1.807) is 30.3 Å². The molecule has 1 aliphatic carbocycles. The van der Waals surface area contributed by atoms with Crippen LogP contribution in [0.25, 0.3) is 5.82 Å². The van der Waals surface area contributed by atoms with Crippen LogP contribution in [-0.2, 0) is 0 Å². The third-order valence-corrected chi connectivity index (χ3v) is 7.96. The molecule has 3 amide bonds.